The molecule has 0 amide bonds. The maximum atomic E-state index is 12.4. The zero-order valence-corrected chi connectivity index (χ0v) is 13.6. The van der Waals surface area contributed by atoms with Gasteiger partial charge in [-0.05, 0) is 0 Å². The SMILES string of the molecule is CS(C)(=O)(O)OO.Cn1c(=O)[nH]c(=S)c2[nH]c(C(F)(F)F)nc21. The second kappa shape index (κ2) is 5.79. The minimum atomic E-state index is -4.60. The minimum Gasteiger partial charge on any atom is -0.331 e. The summed E-state index contributed by atoms with van der Waals surface area (Å²) in [5.74, 6) is -1.18. The standard InChI is InChI=1S/C7H5F3N4OS.C2H8O4S/c1-14-3-2(4(16)13-6(14)15)11-5(12-3)7(8,9)10;1-7(2,4,5)6-3/h1H3,(H,11,12)(H,13,15,16);3H,1-2H3,(H,4,5). The highest BCUT2D eigenvalue weighted by atomic mass is 32.3. The Kier molecular flexibility index (Phi) is 4.89. The highest BCUT2D eigenvalue weighted by Crippen LogP contribution is 2.27. The Bertz CT molecular complexity index is 895. The molecule has 2 aromatic heterocycles. The van der Waals surface area contributed by atoms with Gasteiger partial charge in [0.25, 0.3) is 0 Å². The van der Waals surface area contributed by atoms with Crippen LogP contribution in [0.15, 0.2) is 4.79 Å². The van der Waals surface area contributed by atoms with E-state index in [1.807, 2.05) is 4.98 Å². The number of aromatic amines is 2. The summed E-state index contributed by atoms with van der Waals surface area (Å²) in [6.45, 7) is 0. The van der Waals surface area contributed by atoms with Gasteiger partial charge in [-0.25, -0.2) is 19.2 Å². The average Bonchev–Trinajstić information content (AvgIpc) is 2.81. The van der Waals surface area contributed by atoms with Crippen molar-refractivity contribution < 1.29 is 31.5 Å². The Morgan fingerprint density at radius 3 is 2.22 bits per heavy atom. The Hall–Kier alpha value is -1.61. The van der Waals surface area contributed by atoms with Crippen molar-refractivity contribution in [2.75, 3.05) is 12.5 Å². The molecule has 9 nitrogen and oxygen atoms in total. The third-order valence-electron chi connectivity index (χ3n) is 2.24. The summed E-state index contributed by atoms with van der Waals surface area (Å²) >= 11 is 4.73. The first-order valence-electron chi connectivity index (χ1n) is 5.58. The summed E-state index contributed by atoms with van der Waals surface area (Å²) in [6, 6.07) is 0. The van der Waals surface area contributed by atoms with Crippen LogP contribution in [0.5, 0.6) is 0 Å². The maximum absolute atomic E-state index is 12.4. The second-order valence-electron chi connectivity index (χ2n) is 4.83. The monoisotopic (exact) mass is 378 g/mol. The minimum absolute atomic E-state index is 0.00979. The summed E-state index contributed by atoms with van der Waals surface area (Å²) in [7, 11) is -2.76. The first-order valence-corrected chi connectivity index (χ1v) is 8.65. The van der Waals surface area contributed by atoms with Crippen LogP contribution in [0.2, 0.25) is 0 Å². The number of aromatic nitrogens is 4. The topological polar surface area (TPSA) is 133 Å². The Morgan fingerprint density at radius 2 is 1.83 bits per heavy atom. The molecule has 0 aliphatic carbocycles. The van der Waals surface area contributed by atoms with Crippen molar-refractivity contribution in [3.63, 3.8) is 0 Å². The van der Waals surface area contributed by atoms with E-state index in [9.17, 15) is 22.2 Å². The molecule has 2 aromatic rings. The first-order chi connectivity index (χ1) is 10.1. The van der Waals surface area contributed by atoms with Crippen LogP contribution >= 0.6 is 12.2 Å². The largest absolute Gasteiger partial charge is 0.449 e. The first kappa shape index (κ1) is 19.4. The van der Waals surface area contributed by atoms with Crippen LogP contribution in [0.4, 0.5) is 13.2 Å². The lowest BCUT2D eigenvalue weighted by Crippen LogP contribution is -2.29. The van der Waals surface area contributed by atoms with E-state index in [0.717, 1.165) is 17.1 Å². The molecule has 0 unspecified atom stereocenters. The number of halogens is 3. The maximum Gasteiger partial charge on any atom is 0.449 e. The van der Waals surface area contributed by atoms with Gasteiger partial charge in [-0.3, -0.25) is 9.55 Å². The van der Waals surface area contributed by atoms with Crippen molar-refractivity contribution >= 4 is 33.0 Å². The lowest BCUT2D eigenvalue weighted by atomic mass is 10.5. The molecule has 2 heterocycles. The van der Waals surface area contributed by atoms with Crippen molar-refractivity contribution in [1.29, 1.82) is 0 Å². The van der Waals surface area contributed by atoms with Crippen molar-refractivity contribution in [3.05, 3.63) is 20.9 Å². The number of imidazole rings is 1. The molecular formula is C9H13F3N4O5S2. The molecule has 0 saturated carbocycles. The van der Waals surface area contributed by atoms with Gasteiger partial charge < -0.3 is 9.54 Å². The molecular weight excluding hydrogens is 365 g/mol. The van der Waals surface area contributed by atoms with E-state index >= 15 is 0 Å². The van der Waals surface area contributed by atoms with Gasteiger partial charge in [-0.1, -0.05) is 12.2 Å². The predicted molar refractivity (Wildman–Crippen MR) is 77.9 cm³/mol. The van der Waals surface area contributed by atoms with Crippen molar-refractivity contribution in [2.45, 2.75) is 6.18 Å². The van der Waals surface area contributed by atoms with Gasteiger partial charge >= 0.3 is 11.9 Å². The Labute approximate surface area is 131 Å². The van der Waals surface area contributed by atoms with Gasteiger partial charge in [-0.15, -0.1) is 4.33 Å². The summed E-state index contributed by atoms with van der Waals surface area (Å²) in [6.07, 6.45) is -2.80. The normalized spacial score (nSPS) is 14.0. The number of fused-ring (bicyclic) bond motifs is 1. The predicted octanol–water partition coefficient (Wildman–Crippen LogP) is 1.28. The molecule has 14 heteroatoms. The molecule has 132 valence electrons. The third-order valence-corrected chi connectivity index (χ3v) is 2.97. The Balaban J connectivity index is 0.000000322. The van der Waals surface area contributed by atoms with Gasteiger partial charge in [0, 0.05) is 19.6 Å². The van der Waals surface area contributed by atoms with E-state index in [2.05, 4.69) is 14.3 Å². The van der Waals surface area contributed by atoms with Crippen LogP contribution in [0.25, 0.3) is 11.2 Å². The summed E-state index contributed by atoms with van der Waals surface area (Å²) < 4.78 is 59.8. The number of nitrogens with zero attached hydrogens (tertiary/aromatic N) is 2. The number of hydrogen-bond acceptors (Lipinski definition) is 6. The highest BCUT2D eigenvalue weighted by Gasteiger charge is 2.35. The fraction of sp³-hybridized carbons (Fsp3) is 0.444. The van der Waals surface area contributed by atoms with E-state index in [0.29, 0.717) is 0 Å². The lowest BCUT2D eigenvalue weighted by Gasteiger charge is -2.20. The molecule has 0 aromatic carbocycles. The van der Waals surface area contributed by atoms with Crippen LogP contribution in [0.3, 0.4) is 0 Å². The molecule has 0 aliphatic rings. The molecule has 0 bridgehead atoms. The van der Waals surface area contributed by atoms with Crippen molar-refractivity contribution in [2.24, 2.45) is 7.05 Å². The Morgan fingerprint density at radius 1 is 1.35 bits per heavy atom. The van der Waals surface area contributed by atoms with Crippen molar-refractivity contribution in [3.8, 4) is 0 Å². The van der Waals surface area contributed by atoms with Gasteiger partial charge in [-0.2, -0.15) is 13.2 Å². The fourth-order valence-electron chi connectivity index (χ4n) is 1.24. The fourth-order valence-corrected chi connectivity index (χ4v) is 1.47. The van der Waals surface area contributed by atoms with Crippen LogP contribution in [-0.4, -0.2) is 46.0 Å². The van der Waals surface area contributed by atoms with Gasteiger partial charge in [0.1, 0.15) is 19.8 Å². The van der Waals surface area contributed by atoms with Gasteiger partial charge in [0.2, 0.25) is 5.82 Å². The number of hydrogen-bond donors (Lipinski definition) is 4. The van der Waals surface area contributed by atoms with Gasteiger partial charge in [0.15, 0.2) is 5.65 Å². The molecule has 2 rings (SSSR count). The number of aryl methyl sites for hydroxylation is 1. The van der Waals surface area contributed by atoms with Crippen LogP contribution < -0.4 is 5.69 Å². The zero-order chi connectivity index (χ0) is 18.2. The van der Waals surface area contributed by atoms with Gasteiger partial charge in [0.05, 0.1) is 0 Å². The molecule has 0 atom stereocenters. The van der Waals surface area contributed by atoms with E-state index < -0.39 is 27.3 Å². The van der Waals surface area contributed by atoms with Crippen LogP contribution in [0.1, 0.15) is 5.82 Å². The van der Waals surface area contributed by atoms with Crippen LogP contribution in [0, 0.1) is 4.64 Å². The quantitative estimate of drug-likeness (QED) is 0.334. The molecule has 0 radical (unpaired) electrons. The lowest BCUT2D eigenvalue weighted by molar-refractivity contribution is -0.144. The number of H-pyrrole nitrogens is 2. The molecule has 0 fully saturated rings. The summed E-state index contributed by atoms with van der Waals surface area (Å²) in [4.78, 5) is 18.8. The van der Waals surface area contributed by atoms with E-state index in [1.54, 1.807) is 0 Å². The molecule has 4 N–H and O–H groups in total. The van der Waals surface area contributed by atoms with E-state index in [4.69, 9.17) is 22.0 Å². The van der Waals surface area contributed by atoms with Crippen molar-refractivity contribution in [1.82, 2.24) is 19.5 Å². The summed E-state index contributed by atoms with van der Waals surface area (Å²) in [5, 5.41) is 7.65. The van der Waals surface area contributed by atoms with Crippen LogP contribution in [-0.2, 0) is 27.2 Å². The number of alkyl halides is 3. The zero-order valence-electron chi connectivity index (χ0n) is 12.0. The molecule has 0 saturated heterocycles. The molecule has 0 spiro atoms. The average molecular weight is 378 g/mol. The smallest absolute Gasteiger partial charge is 0.331 e. The van der Waals surface area contributed by atoms with E-state index in [1.165, 1.54) is 7.05 Å². The van der Waals surface area contributed by atoms with E-state index in [-0.39, 0.29) is 15.8 Å². The molecule has 23 heavy (non-hydrogen) atoms. The third kappa shape index (κ3) is 5.21. The summed E-state index contributed by atoms with van der Waals surface area (Å²) in [5.41, 5.74) is -0.747. The molecule has 0 aliphatic heterocycles. The number of nitrogens with one attached hydrogen (secondary N) is 2. The second-order valence-corrected chi connectivity index (χ2v) is 8.70. The highest BCUT2D eigenvalue weighted by molar-refractivity contribution is 8.09. The number of rotatable bonds is 1.